The van der Waals surface area contributed by atoms with E-state index in [1.165, 1.54) is 13.8 Å². The van der Waals surface area contributed by atoms with Gasteiger partial charge in [-0.3, -0.25) is 0 Å². The second-order valence-corrected chi connectivity index (χ2v) is 6.72. The third-order valence-electron chi connectivity index (χ3n) is 2.43. The van der Waals surface area contributed by atoms with Crippen LogP contribution < -0.4 is 0 Å². The van der Waals surface area contributed by atoms with Crippen LogP contribution in [0.5, 0.6) is 0 Å². The van der Waals surface area contributed by atoms with E-state index < -0.39 is 32.2 Å². The van der Waals surface area contributed by atoms with Gasteiger partial charge in [0.1, 0.15) is 16.5 Å². The lowest BCUT2D eigenvalue weighted by molar-refractivity contribution is 0.0601. The summed E-state index contributed by atoms with van der Waals surface area (Å²) in [5.41, 5.74) is -1.25. The summed E-state index contributed by atoms with van der Waals surface area (Å²) in [7, 11) is -4.10. The maximum absolute atomic E-state index is 13.6. The maximum Gasteiger partial charge on any atom is 0.246 e. The zero-order valence-electron chi connectivity index (χ0n) is 11.0. The highest BCUT2D eigenvalue weighted by Gasteiger charge is 2.30. The zero-order valence-corrected chi connectivity index (χ0v) is 11.8. The number of rotatable bonds is 5. The maximum atomic E-state index is 13.6. The highest BCUT2D eigenvalue weighted by atomic mass is 32.2. The minimum absolute atomic E-state index is 0.0726. The highest BCUT2D eigenvalue weighted by molar-refractivity contribution is 7.89. The number of hydrogen-bond donors (Lipinski definition) is 1. The van der Waals surface area contributed by atoms with Gasteiger partial charge >= 0.3 is 0 Å². The van der Waals surface area contributed by atoms with E-state index in [1.807, 2.05) is 0 Å². The van der Waals surface area contributed by atoms with Crippen molar-refractivity contribution in [3.63, 3.8) is 0 Å². The molecule has 0 saturated heterocycles. The first-order valence-electron chi connectivity index (χ1n) is 5.75. The van der Waals surface area contributed by atoms with E-state index in [-0.39, 0.29) is 13.1 Å². The Morgan fingerprint density at radius 1 is 1.32 bits per heavy atom. The van der Waals surface area contributed by atoms with Crippen molar-refractivity contribution in [2.75, 3.05) is 13.1 Å². The largest absolute Gasteiger partial charge is 0.389 e. The lowest BCUT2D eigenvalue weighted by Crippen LogP contribution is -2.42. The molecule has 19 heavy (non-hydrogen) atoms. The summed E-state index contributed by atoms with van der Waals surface area (Å²) in [6.45, 7) is 4.37. The van der Waals surface area contributed by atoms with Gasteiger partial charge in [-0.15, -0.1) is 0 Å². The molecule has 4 nitrogen and oxygen atoms in total. The van der Waals surface area contributed by atoms with Crippen molar-refractivity contribution in [2.45, 2.75) is 31.3 Å². The molecule has 0 fully saturated rings. The molecule has 0 atom stereocenters. The molecule has 0 spiro atoms. The van der Waals surface area contributed by atoms with Crippen LogP contribution in [0.3, 0.4) is 0 Å². The van der Waals surface area contributed by atoms with E-state index in [2.05, 4.69) is 0 Å². The number of sulfonamides is 1. The molecule has 1 aromatic carbocycles. The SMILES string of the molecule is CCN(CC(C)(C)O)S(=O)(=O)c1ccc(F)cc1F. The summed E-state index contributed by atoms with van der Waals surface area (Å²) in [5.74, 6) is -1.99. The standard InChI is InChI=1S/C12H17F2NO3S/c1-4-15(8-12(2,3)16)19(17,18)11-6-5-9(13)7-10(11)14/h5-7,16H,4,8H2,1-3H3. The first-order valence-corrected chi connectivity index (χ1v) is 7.19. The molecule has 0 aliphatic carbocycles. The summed E-state index contributed by atoms with van der Waals surface area (Å²) < 4.78 is 51.8. The van der Waals surface area contributed by atoms with Gasteiger partial charge in [0.25, 0.3) is 0 Å². The fraction of sp³-hybridized carbons (Fsp3) is 0.500. The predicted octanol–water partition coefficient (Wildman–Crippen LogP) is 1.75. The second kappa shape index (κ2) is 5.52. The summed E-state index contributed by atoms with van der Waals surface area (Å²) in [6.07, 6.45) is 0. The average molecular weight is 293 g/mol. The van der Waals surface area contributed by atoms with Gasteiger partial charge in [0.2, 0.25) is 10.0 Å². The van der Waals surface area contributed by atoms with E-state index in [4.69, 9.17) is 0 Å². The zero-order chi connectivity index (χ0) is 14.8. The van der Waals surface area contributed by atoms with Crippen LogP contribution in [-0.2, 0) is 10.0 Å². The lowest BCUT2D eigenvalue weighted by Gasteiger charge is -2.27. The normalized spacial score (nSPS) is 13.0. The summed E-state index contributed by atoms with van der Waals surface area (Å²) in [4.78, 5) is -0.597. The Balaban J connectivity index is 3.21. The first kappa shape index (κ1) is 16.0. The van der Waals surface area contributed by atoms with Crippen LogP contribution in [0.1, 0.15) is 20.8 Å². The van der Waals surface area contributed by atoms with Crippen molar-refractivity contribution in [3.8, 4) is 0 Å². The number of benzene rings is 1. The molecule has 108 valence electrons. The molecular formula is C12H17F2NO3S. The molecule has 7 heteroatoms. The van der Waals surface area contributed by atoms with E-state index in [0.29, 0.717) is 6.07 Å². The monoisotopic (exact) mass is 293 g/mol. The Morgan fingerprint density at radius 3 is 2.32 bits per heavy atom. The van der Waals surface area contributed by atoms with E-state index in [0.717, 1.165) is 16.4 Å². The van der Waals surface area contributed by atoms with Crippen molar-refractivity contribution in [1.29, 1.82) is 0 Å². The van der Waals surface area contributed by atoms with Crippen LogP contribution in [0.15, 0.2) is 23.1 Å². The van der Waals surface area contributed by atoms with Crippen LogP contribution in [0, 0.1) is 11.6 Å². The second-order valence-electron chi connectivity index (χ2n) is 4.82. The lowest BCUT2D eigenvalue weighted by atomic mass is 10.1. The molecule has 1 rings (SSSR count). The number of nitrogens with zero attached hydrogens (tertiary/aromatic N) is 1. The Kier molecular flexibility index (Phi) is 4.65. The van der Waals surface area contributed by atoms with E-state index >= 15 is 0 Å². The molecule has 0 aliphatic heterocycles. The van der Waals surface area contributed by atoms with Crippen LogP contribution >= 0.6 is 0 Å². The number of aliphatic hydroxyl groups is 1. The Hall–Kier alpha value is -1.05. The molecular weight excluding hydrogens is 276 g/mol. The number of hydrogen-bond acceptors (Lipinski definition) is 3. The first-order chi connectivity index (χ1) is 8.58. The van der Waals surface area contributed by atoms with Crippen molar-refractivity contribution in [3.05, 3.63) is 29.8 Å². The smallest absolute Gasteiger partial charge is 0.246 e. The van der Waals surface area contributed by atoms with E-state index in [9.17, 15) is 22.3 Å². The van der Waals surface area contributed by atoms with Crippen molar-refractivity contribution in [1.82, 2.24) is 4.31 Å². The van der Waals surface area contributed by atoms with Gasteiger partial charge in [-0.2, -0.15) is 4.31 Å². The summed E-state index contributed by atoms with van der Waals surface area (Å²) in [6, 6.07) is 2.28. The minimum atomic E-state index is -4.10. The van der Waals surface area contributed by atoms with Crippen LogP contribution in [0.4, 0.5) is 8.78 Å². The Morgan fingerprint density at radius 2 is 1.89 bits per heavy atom. The van der Waals surface area contributed by atoms with Gasteiger partial charge in [0, 0.05) is 19.2 Å². The molecule has 0 amide bonds. The van der Waals surface area contributed by atoms with Gasteiger partial charge in [0.05, 0.1) is 5.60 Å². The van der Waals surface area contributed by atoms with Gasteiger partial charge in [-0.05, 0) is 26.0 Å². The van der Waals surface area contributed by atoms with Crippen molar-refractivity contribution in [2.24, 2.45) is 0 Å². The van der Waals surface area contributed by atoms with Gasteiger partial charge in [-0.25, -0.2) is 17.2 Å². The Bertz CT molecular complexity index is 553. The third kappa shape index (κ3) is 3.95. The molecule has 0 bridgehead atoms. The average Bonchev–Trinajstić information content (AvgIpc) is 2.23. The molecule has 1 aromatic rings. The van der Waals surface area contributed by atoms with Gasteiger partial charge < -0.3 is 5.11 Å². The molecule has 0 unspecified atom stereocenters. The third-order valence-corrected chi connectivity index (χ3v) is 4.38. The molecule has 0 aliphatic rings. The van der Waals surface area contributed by atoms with E-state index in [1.54, 1.807) is 6.92 Å². The van der Waals surface area contributed by atoms with Gasteiger partial charge in [0.15, 0.2) is 0 Å². The van der Waals surface area contributed by atoms with Crippen LogP contribution in [0.25, 0.3) is 0 Å². The number of likely N-dealkylation sites (N-methyl/N-ethyl adjacent to an activating group) is 1. The van der Waals surface area contributed by atoms with Crippen LogP contribution in [-0.4, -0.2) is 36.5 Å². The molecule has 0 aromatic heterocycles. The van der Waals surface area contributed by atoms with Crippen molar-refractivity contribution >= 4 is 10.0 Å². The Labute approximate surface area is 111 Å². The van der Waals surface area contributed by atoms with Crippen LogP contribution in [0.2, 0.25) is 0 Å². The quantitative estimate of drug-likeness (QED) is 0.899. The molecule has 1 N–H and O–H groups in total. The minimum Gasteiger partial charge on any atom is -0.389 e. The summed E-state index contributed by atoms with van der Waals surface area (Å²) in [5, 5.41) is 9.68. The molecule has 0 heterocycles. The fourth-order valence-electron chi connectivity index (χ4n) is 1.62. The highest BCUT2D eigenvalue weighted by Crippen LogP contribution is 2.21. The fourth-order valence-corrected chi connectivity index (χ4v) is 3.27. The molecule has 0 saturated carbocycles. The topological polar surface area (TPSA) is 57.6 Å². The summed E-state index contributed by atoms with van der Waals surface area (Å²) >= 11 is 0. The number of halogens is 2. The molecule has 0 radical (unpaired) electrons. The van der Waals surface area contributed by atoms with Gasteiger partial charge in [-0.1, -0.05) is 6.92 Å². The predicted molar refractivity (Wildman–Crippen MR) is 67.1 cm³/mol. The van der Waals surface area contributed by atoms with Crippen molar-refractivity contribution < 1.29 is 22.3 Å².